The molecule has 0 saturated heterocycles. The second-order valence-corrected chi connectivity index (χ2v) is 14.8. The van der Waals surface area contributed by atoms with E-state index in [-0.39, 0.29) is 0 Å². The normalized spacial score (nSPS) is 11.8. The van der Waals surface area contributed by atoms with Crippen molar-refractivity contribution in [3.8, 4) is 33.4 Å². The number of furan rings is 3. The quantitative estimate of drug-likeness (QED) is 0.170. The maximum atomic E-state index is 7.08. The molecule has 9 aromatic carbocycles. The van der Waals surface area contributed by atoms with E-state index in [9.17, 15) is 0 Å². The molecule has 0 aliphatic rings. The number of hydrogen-bond donors (Lipinski definition) is 0. The second kappa shape index (κ2) is 12.9. The van der Waals surface area contributed by atoms with Crippen LogP contribution in [0.5, 0.6) is 0 Å². The first-order valence-electron chi connectivity index (χ1n) is 19.6. The molecule has 272 valence electrons. The molecule has 0 N–H and O–H groups in total. The molecule has 0 spiro atoms. The van der Waals surface area contributed by atoms with E-state index < -0.39 is 0 Å². The Hall–Kier alpha value is -7.82. The van der Waals surface area contributed by atoms with Crippen molar-refractivity contribution >= 4 is 82.9 Å². The molecule has 3 aromatic heterocycles. The second-order valence-electron chi connectivity index (χ2n) is 14.8. The molecule has 58 heavy (non-hydrogen) atoms. The Morgan fingerprint density at radius 1 is 0.276 bits per heavy atom. The van der Waals surface area contributed by atoms with E-state index >= 15 is 0 Å². The summed E-state index contributed by atoms with van der Waals surface area (Å²) in [6.07, 6.45) is 0. The molecule has 4 heteroatoms. The predicted molar refractivity (Wildman–Crippen MR) is 239 cm³/mol. The minimum atomic E-state index is 0.813. The molecule has 4 nitrogen and oxygen atoms in total. The molecule has 0 fully saturated rings. The maximum absolute atomic E-state index is 7.08. The zero-order chi connectivity index (χ0) is 38.2. The smallest absolute Gasteiger partial charge is 0.145 e. The molecule has 0 saturated carbocycles. The largest absolute Gasteiger partial charge is 0.456 e. The molecule has 12 aromatic rings. The monoisotopic (exact) mass is 743 g/mol. The van der Waals surface area contributed by atoms with Crippen molar-refractivity contribution in [1.82, 2.24) is 0 Å². The summed E-state index contributed by atoms with van der Waals surface area (Å²) in [5.41, 5.74) is 14.4. The highest BCUT2D eigenvalue weighted by molar-refractivity contribution is 6.23. The third-order valence-corrected chi connectivity index (χ3v) is 11.5. The zero-order valence-electron chi connectivity index (χ0n) is 31.2. The summed E-state index contributed by atoms with van der Waals surface area (Å²) < 4.78 is 20.4. The standard InChI is InChI=1S/C54H33NO3/c1-4-15-34(16-5-1)37-27-28-42-49(32-37)58-54-39(36-19-8-3-9-20-36)29-30-44(53(42)54)55(43-23-14-26-48-51(43)40-21-10-12-24-46(40)56-48)45-31-38(35-17-6-2-7-18-35)33-50-52(45)41-22-11-13-25-47(41)57-50/h1-33H. The first-order valence-corrected chi connectivity index (χ1v) is 19.6. The van der Waals surface area contributed by atoms with Gasteiger partial charge in [0.15, 0.2) is 0 Å². The van der Waals surface area contributed by atoms with E-state index in [4.69, 9.17) is 13.3 Å². The molecular weight excluding hydrogens is 711 g/mol. The van der Waals surface area contributed by atoms with Crippen LogP contribution < -0.4 is 4.90 Å². The Labute approximate surface area is 333 Å². The minimum absolute atomic E-state index is 0.813. The van der Waals surface area contributed by atoms with E-state index in [1.165, 1.54) is 0 Å². The van der Waals surface area contributed by atoms with Gasteiger partial charge >= 0.3 is 0 Å². The average molecular weight is 744 g/mol. The fraction of sp³-hybridized carbons (Fsp3) is 0. The third kappa shape index (κ3) is 5.02. The molecule has 0 aliphatic carbocycles. The van der Waals surface area contributed by atoms with Crippen molar-refractivity contribution in [3.05, 3.63) is 200 Å². The lowest BCUT2D eigenvalue weighted by atomic mass is 9.97. The van der Waals surface area contributed by atoms with Gasteiger partial charge in [0, 0.05) is 21.7 Å². The Bertz CT molecular complexity index is 3500. The number of benzene rings is 9. The van der Waals surface area contributed by atoms with Crippen molar-refractivity contribution in [1.29, 1.82) is 0 Å². The van der Waals surface area contributed by atoms with Gasteiger partial charge in [-0.25, -0.2) is 0 Å². The topological polar surface area (TPSA) is 42.7 Å². The average Bonchev–Trinajstić information content (AvgIpc) is 3.99. The lowest BCUT2D eigenvalue weighted by molar-refractivity contribution is 0.669. The van der Waals surface area contributed by atoms with E-state index in [1.54, 1.807) is 0 Å². The highest BCUT2D eigenvalue weighted by atomic mass is 16.3. The Morgan fingerprint density at radius 3 is 1.52 bits per heavy atom. The Morgan fingerprint density at radius 2 is 0.810 bits per heavy atom. The van der Waals surface area contributed by atoms with Gasteiger partial charge in [0.25, 0.3) is 0 Å². The van der Waals surface area contributed by atoms with E-state index in [2.05, 4.69) is 181 Å². The summed E-state index contributed by atoms with van der Waals surface area (Å²) >= 11 is 0. The maximum Gasteiger partial charge on any atom is 0.145 e. The van der Waals surface area contributed by atoms with E-state index in [1.807, 2.05) is 24.3 Å². The van der Waals surface area contributed by atoms with Crippen LogP contribution in [0.25, 0.3) is 99.2 Å². The number of fused-ring (bicyclic) bond motifs is 9. The van der Waals surface area contributed by atoms with Gasteiger partial charge in [-0.15, -0.1) is 0 Å². The summed E-state index contributed by atoms with van der Waals surface area (Å²) in [6.45, 7) is 0. The molecule has 0 bridgehead atoms. The molecule has 0 atom stereocenters. The van der Waals surface area contributed by atoms with Crippen molar-refractivity contribution in [2.45, 2.75) is 0 Å². The van der Waals surface area contributed by atoms with Crippen molar-refractivity contribution in [3.63, 3.8) is 0 Å². The van der Waals surface area contributed by atoms with Gasteiger partial charge in [0.05, 0.1) is 33.2 Å². The van der Waals surface area contributed by atoms with E-state index in [0.717, 1.165) is 116 Å². The van der Waals surface area contributed by atoms with Gasteiger partial charge in [0.2, 0.25) is 0 Å². The van der Waals surface area contributed by atoms with Crippen LogP contribution in [0, 0.1) is 0 Å². The van der Waals surface area contributed by atoms with Gasteiger partial charge in [-0.2, -0.15) is 0 Å². The van der Waals surface area contributed by atoms with Gasteiger partial charge in [-0.1, -0.05) is 140 Å². The number of para-hydroxylation sites is 2. The molecular formula is C54H33NO3. The summed E-state index contributed by atoms with van der Waals surface area (Å²) in [5, 5.41) is 6.20. The molecule has 0 amide bonds. The lowest BCUT2D eigenvalue weighted by Crippen LogP contribution is -2.11. The van der Waals surface area contributed by atoms with Crippen molar-refractivity contribution < 1.29 is 13.3 Å². The van der Waals surface area contributed by atoms with Crippen LogP contribution >= 0.6 is 0 Å². The fourth-order valence-corrected chi connectivity index (χ4v) is 8.84. The summed E-state index contributed by atoms with van der Waals surface area (Å²) in [7, 11) is 0. The molecule has 0 radical (unpaired) electrons. The molecule has 0 unspecified atom stereocenters. The fourth-order valence-electron chi connectivity index (χ4n) is 8.84. The van der Waals surface area contributed by atoms with Gasteiger partial charge in [0.1, 0.15) is 33.5 Å². The molecule has 0 aliphatic heterocycles. The summed E-state index contributed by atoms with van der Waals surface area (Å²) in [6, 6.07) is 70.1. The van der Waals surface area contributed by atoms with Crippen LogP contribution in [-0.2, 0) is 0 Å². The first-order chi connectivity index (χ1) is 28.8. The van der Waals surface area contributed by atoms with Crippen LogP contribution in [0.1, 0.15) is 0 Å². The van der Waals surface area contributed by atoms with Crippen LogP contribution in [-0.4, -0.2) is 0 Å². The Balaban J connectivity index is 1.25. The van der Waals surface area contributed by atoms with Crippen LogP contribution in [0.3, 0.4) is 0 Å². The van der Waals surface area contributed by atoms with Crippen molar-refractivity contribution in [2.24, 2.45) is 0 Å². The molecule has 3 heterocycles. The number of rotatable bonds is 6. The van der Waals surface area contributed by atoms with E-state index in [0.29, 0.717) is 0 Å². The summed E-state index contributed by atoms with van der Waals surface area (Å²) in [4.78, 5) is 2.41. The minimum Gasteiger partial charge on any atom is -0.456 e. The Kier molecular flexibility index (Phi) is 7.20. The van der Waals surface area contributed by atoms with Crippen LogP contribution in [0.4, 0.5) is 17.1 Å². The SMILES string of the molecule is c1ccc(-c2ccc3c(c2)oc2c(-c4ccccc4)ccc(N(c4cccc5oc6ccccc6c45)c4cc(-c5ccccc5)cc5oc6ccccc6c45)c23)cc1. The number of hydrogen-bond acceptors (Lipinski definition) is 4. The van der Waals surface area contributed by atoms with Gasteiger partial charge in [-0.3, -0.25) is 0 Å². The van der Waals surface area contributed by atoms with Gasteiger partial charge in [-0.05, 0) is 88.5 Å². The van der Waals surface area contributed by atoms with Crippen molar-refractivity contribution in [2.75, 3.05) is 4.90 Å². The predicted octanol–water partition coefficient (Wildman–Crippen LogP) is 15.9. The highest BCUT2D eigenvalue weighted by Crippen LogP contribution is 2.52. The first kappa shape index (κ1) is 32.4. The number of nitrogens with zero attached hydrogens (tertiary/aromatic N) is 1. The lowest BCUT2D eigenvalue weighted by Gasteiger charge is -2.28. The van der Waals surface area contributed by atoms with Gasteiger partial charge < -0.3 is 18.2 Å². The van der Waals surface area contributed by atoms with Crippen LogP contribution in [0.15, 0.2) is 213 Å². The third-order valence-electron chi connectivity index (χ3n) is 11.5. The molecule has 12 rings (SSSR count). The number of anilines is 3. The summed E-state index contributed by atoms with van der Waals surface area (Å²) in [5.74, 6) is 0. The van der Waals surface area contributed by atoms with Crippen LogP contribution in [0.2, 0.25) is 0 Å². The highest BCUT2D eigenvalue weighted by Gasteiger charge is 2.28. The zero-order valence-corrected chi connectivity index (χ0v) is 31.2.